The van der Waals surface area contributed by atoms with Crippen LogP contribution in [-0.4, -0.2) is 9.97 Å². The standard InChI is InChI=1S/C10H7BrClFN4/c11-5-4-15-10(14)17-9(5)16-8-6(12)2-1-3-7(8)13/h1-4H,(H3,14,15,16,17). The second-order valence-electron chi connectivity index (χ2n) is 3.15. The van der Waals surface area contributed by atoms with Crippen LogP contribution in [0.3, 0.4) is 0 Å². The quantitative estimate of drug-likeness (QED) is 0.891. The van der Waals surface area contributed by atoms with E-state index in [0.29, 0.717) is 10.3 Å². The van der Waals surface area contributed by atoms with Crippen LogP contribution < -0.4 is 11.1 Å². The molecule has 0 atom stereocenters. The van der Waals surface area contributed by atoms with Gasteiger partial charge in [-0.25, -0.2) is 9.37 Å². The van der Waals surface area contributed by atoms with E-state index in [0.717, 1.165) is 0 Å². The van der Waals surface area contributed by atoms with E-state index in [1.807, 2.05) is 0 Å². The summed E-state index contributed by atoms with van der Waals surface area (Å²) >= 11 is 9.11. The smallest absolute Gasteiger partial charge is 0.222 e. The van der Waals surface area contributed by atoms with E-state index >= 15 is 0 Å². The zero-order valence-corrected chi connectivity index (χ0v) is 10.8. The van der Waals surface area contributed by atoms with Gasteiger partial charge in [0.05, 0.1) is 15.2 Å². The number of rotatable bonds is 2. The van der Waals surface area contributed by atoms with Gasteiger partial charge in [0.2, 0.25) is 5.95 Å². The van der Waals surface area contributed by atoms with E-state index in [9.17, 15) is 4.39 Å². The number of anilines is 3. The summed E-state index contributed by atoms with van der Waals surface area (Å²) in [4.78, 5) is 7.71. The van der Waals surface area contributed by atoms with Gasteiger partial charge in [-0.2, -0.15) is 4.98 Å². The number of nitrogens with one attached hydrogen (secondary N) is 1. The fourth-order valence-corrected chi connectivity index (χ4v) is 1.70. The summed E-state index contributed by atoms with van der Waals surface area (Å²) in [5.74, 6) is -0.0331. The van der Waals surface area contributed by atoms with Gasteiger partial charge in [0, 0.05) is 6.20 Å². The molecule has 0 saturated heterocycles. The fraction of sp³-hybridized carbons (Fsp3) is 0. The SMILES string of the molecule is Nc1ncc(Br)c(Nc2c(F)cccc2Cl)n1. The lowest BCUT2D eigenvalue weighted by Gasteiger charge is -2.10. The van der Waals surface area contributed by atoms with Gasteiger partial charge in [-0.05, 0) is 28.1 Å². The minimum Gasteiger partial charge on any atom is -0.368 e. The fourth-order valence-electron chi connectivity index (χ4n) is 1.20. The van der Waals surface area contributed by atoms with Crippen LogP contribution in [0.2, 0.25) is 5.02 Å². The van der Waals surface area contributed by atoms with Gasteiger partial charge >= 0.3 is 0 Å². The topological polar surface area (TPSA) is 63.8 Å². The summed E-state index contributed by atoms with van der Waals surface area (Å²) in [6.45, 7) is 0. The van der Waals surface area contributed by atoms with Crippen molar-refractivity contribution in [1.82, 2.24) is 9.97 Å². The average Bonchev–Trinajstić information content (AvgIpc) is 2.28. The predicted octanol–water partition coefficient (Wildman–Crippen LogP) is 3.36. The summed E-state index contributed by atoms with van der Waals surface area (Å²) in [6.07, 6.45) is 1.47. The number of aromatic nitrogens is 2. The van der Waals surface area contributed by atoms with Crippen molar-refractivity contribution >= 4 is 45.0 Å². The summed E-state index contributed by atoms with van der Waals surface area (Å²) in [7, 11) is 0. The van der Waals surface area contributed by atoms with Crippen LogP contribution in [0.25, 0.3) is 0 Å². The Morgan fingerprint density at radius 3 is 2.88 bits per heavy atom. The van der Waals surface area contributed by atoms with Gasteiger partial charge in [0.1, 0.15) is 11.6 Å². The summed E-state index contributed by atoms with van der Waals surface area (Å²) in [6, 6.07) is 4.39. The predicted molar refractivity (Wildman–Crippen MR) is 68.8 cm³/mol. The Morgan fingerprint density at radius 2 is 2.18 bits per heavy atom. The minimum atomic E-state index is -0.471. The van der Waals surface area contributed by atoms with Crippen molar-refractivity contribution in [3.05, 3.63) is 39.7 Å². The lowest BCUT2D eigenvalue weighted by molar-refractivity contribution is 0.632. The van der Waals surface area contributed by atoms with Crippen LogP contribution in [0, 0.1) is 5.82 Å². The number of benzene rings is 1. The van der Waals surface area contributed by atoms with Crippen molar-refractivity contribution in [2.45, 2.75) is 0 Å². The molecule has 17 heavy (non-hydrogen) atoms. The van der Waals surface area contributed by atoms with E-state index in [2.05, 4.69) is 31.2 Å². The van der Waals surface area contributed by atoms with Crippen LogP contribution in [-0.2, 0) is 0 Å². The molecule has 0 fully saturated rings. The number of nitrogen functional groups attached to an aromatic ring is 1. The Morgan fingerprint density at radius 1 is 1.41 bits per heavy atom. The Hall–Kier alpha value is -1.40. The Bertz CT molecular complexity index is 544. The Kier molecular flexibility index (Phi) is 3.44. The maximum atomic E-state index is 13.5. The molecule has 0 saturated carbocycles. The first-order valence-electron chi connectivity index (χ1n) is 4.57. The molecule has 88 valence electrons. The third-order valence-electron chi connectivity index (χ3n) is 1.97. The first-order valence-corrected chi connectivity index (χ1v) is 5.74. The molecule has 0 bridgehead atoms. The van der Waals surface area contributed by atoms with Crippen LogP contribution in [0.4, 0.5) is 21.8 Å². The third-order valence-corrected chi connectivity index (χ3v) is 2.86. The molecule has 0 spiro atoms. The first kappa shape index (κ1) is 12.1. The number of halogens is 3. The van der Waals surface area contributed by atoms with Crippen molar-refractivity contribution < 1.29 is 4.39 Å². The number of para-hydroxylation sites is 1. The van der Waals surface area contributed by atoms with Gasteiger partial charge < -0.3 is 11.1 Å². The Labute approximate surface area is 110 Å². The van der Waals surface area contributed by atoms with Gasteiger partial charge in [-0.3, -0.25) is 0 Å². The maximum absolute atomic E-state index is 13.5. The molecule has 0 unspecified atom stereocenters. The zero-order chi connectivity index (χ0) is 12.4. The van der Waals surface area contributed by atoms with E-state index in [1.54, 1.807) is 6.07 Å². The van der Waals surface area contributed by atoms with E-state index in [4.69, 9.17) is 17.3 Å². The van der Waals surface area contributed by atoms with Crippen molar-refractivity contribution in [2.24, 2.45) is 0 Å². The summed E-state index contributed by atoms with van der Waals surface area (Å²) in [5, 5.41) is 3.02. The number of hydrogen-bond donors (Lipinski definition) is 2. The van der Waals surface area contributed by atoms with Crippen LogP contribution in [0.15, 0.2) is 28.9 Å². The highest BCUT2D eigenvalue weighted by atomic mass is 79.9. The molecular weight excluding hydrogens is 310 g/mol. The molecule has 0 aliphatic rings. The molecule has 0 amide bonds. The lowest BCUT2D eigenvalue weighted by Crippen LogP contribution is -2.02. The maximum Gasteiger partial charge on any atom is 0.222 e. The molecule has 3 N–H and O–H groups in total. The van der Waals surface area contributed by atoms with Crippen molar-refractivity contribution in [1.29, 1.82) is 0 Å². The molecule has 0 radical (unpaired) electrons. The average molecular weight is 318 g/mol. The Balaban J connectivity index is 2.41. The molecule has 1 aromatic heterocycles. The normalized spacial score (nSPS) is 10.3. The molecule has 0 aliphatic heterocycles. The van der Waals surface area contributed by atoms with Gasteiger partial charge in [0.25, 0.3) is 0 Å². The van der Waals surface area contributed by atoms with Crippen LogP contribution in [0.1, 0.15) is 0 Å². The highest BCUT2D eigenvalue weighted by Crippen LogP contribution is 2.30. The van der Waals surface area contributed by atoms with Gasteiger partial charge in [-0.1, -0.05) is 17.7 Å². The highest BCUT2D eigenvalue weighted by molar-refractivity contribution is 9.10. The molecule has 1 heterocycles. The van der Waals surface area contributed by atoms with Crippen molar-refractivity contribution in [2.75, 3.05) is 11.1 Å². The monoisotopic (exact) mass is 316 g/mol. The number of hydrogen-bond acceptors (Lipinski definition) is 4. The largest absolute Gasteiger partial charge is 0.368 e. The summed E-state index contributed by atoms with van der Waals surface area (Å²) in [5.41, 5.74) is 5.59. The molecule has 7 heteroatoms. The molecule has 2 aromatic rings. The second-order valence-corrected chi connectivity index (χ2v) is 4.41. The van der Waals surface area contributed by atoms with Crippen LogP contribution >= 0.6 is 27.5 Å². The minimum absolute atomic E-state index is 0.0863. The van der Waals surface area contributed by atoms with Crippen molar-refractivity contribution in [3.63, 3.8) is 0 Å². The molecular formula is C10H7BrClFN4. The highest BCUT2D eigenvalue weighted by Gasteiger charge is 2.10. The first-order chi connectivity index (χ1) is 8.08. The van der Waals surface area contributed by atoms with E-state index in [-0.39, 0.29) is 16.7 Å². The second kappa shape index (κ2) is 4.85. The van der Waals surface area contributed by atoms with Gasteiger partial charge in [0.15, 0.2) is 0 Å². The van der Waals surface area contributed by atoms with Gasteiger partial charge in [-0.15, -0.1) is 0 Å². The summed E-state index contributed by atoms with van der Waals surface area (Å²) < 4.78 is 14.1. The zero-order valence-electron chi connectivity index (χ0n) is 8.42. The molecule has 0 aliphatic carbocycles. The number of nitrogens with zero attached hydrogens (tertiary/aromatic N) is 2. The van der Waals surface area contributed by atoms with E-state index < -0.39 is 5.82 Å². The molecule has 2 rings (SSSR count). The lowest BCUT2D eigenvalue weighted by atomic mass is 10.3. The van der Waals surface area contributed by atoms with Crippen molar-refractivity contribution in [3.8, 4) is 0 Å². The number of nitrogens with two attached hydrogens (primary N) is 1. The van der Waals surface area contributed by atoms with E-state index in [1.165, 1.54) is 18.3 Å². The molecule has 1 aromatic carbocycles. The molecule has 4 nitrogen and oxygen atoms in total. The van der Waals surface area contributed by atoms with Crippen LogP contribution in [0.5, 0.6) is 0 Å². The third kappa shape index (κ3) is 2.65.